The second-order valence-electron chi connectivity index (χ2n) is 7.61. The molecule has 0 aromatic heterocycles. The lowest BCUT2D eigenvalue weighted by atomic mass is 9.68. The van der Waals surface area contributed by atoms with Crippen molar-refractivity contribution in [1.82, 2.24) is 4.90 Å². The molecule has 0 unspecified atom stereocenters. The summed E-state index contributed by atoms with van der Waals surface area (Å²) < 4.78 is 5.27. The number of hydrogen-bond donors (Lipinski definition) is 0. The van der Waals surface area contributed by atoms with E-state index in [4.69, 9.17) is 4.74 Å². The van der Waals surface area contributed by atoms with Gasteiger partial charge in [-0.25, -0.2) is 4.79 Å². The fourth-order valence-electron chi connectivity index (χ4n) is 3.25. The van der Waals surface area contributed by atoms with Crippen LogP contribution in [0.5, 0.6) is 0 Å². The second kappa shape index (κ2) is 5.88. The minimum Gasteiger partial charge on any atom is -0.458 e. The molecular formula is C15H27Br2NO2. The Morgan fingerprint density at radius 2 is 1.60 bits per heavy atom. The highest BCUT2D eigenvalue weighted by molar-refractivity contribution is 9.25. The Morgan fingerprint density at radius 3 is 1.95 bits per heavy atom. The van der Waals surface area contributed by atoms with Crippen molar-refractivity contribution in [3.63, 3.8) is 0 Å². The van der Waals surface area contributed by atoms with Crippen molar-refractivity contribution in [3.8, 4) is 0 Å². The van der Waals surface area contributed by atoms with Crippen LogP contribution in [-0.4, -0.2) is 38.3 Å². The first-order chi connectivity index (χ1) is 8.79. The quantitative estimate of drug-likeness (QED) is 0.510. The van der Waals surface area contributed by atoms with Crippen LogP contribution in [0.2, 0.25) is 0 Å². The highest BCUT2D eigenvalue weighted by atomic mass is 79.9. The third-order valence-corrected chi connectivity index (χ3v) is 5.58. The average molecular weight is 413 g/mol. The van der Waals surface area contributed by atoms with E-state index in [1.165, 1.54) is 0 Å². The van der Waals surface area contributed by atoms with Gasteiger partial charge in [0.15, 0.2) is 3.74 Å². The van der Waals surface area contributed by atoms with Gasteiger partial charge in [0.1, 0.15) is 5.60 Å². The second-order valence-corrected chi connectivity index (χ2v) is 10.7. The minimum absolute atomic E-state index is 0.0955. The van der Waals surface area contributed by atoms with Gasteiger partial charge in [0.05, 0.1) is 0 Å². The summed E-state index contributed by atoms with van der Waals surface area (Å²) in [6, 6.07) is 0. The molecule has 0 atom stereocenters. The van der Waals surface area contributed by atoms with Gasteiger partial charge in [0.25, 0.3) is 0 Å². The molecule has 5 heteroatoms. The smallest absolute Gasteiger partial charge is 0.331 e. The maximum Gasteiger partial charge on any atom is 0.331 e. The molecule has 0 radical (unpaired) electrons. The molecule has 1 saturated heterocycles. The molecule has 0 saturated carbocycles. The molecule has 0 amide bonds. The van der Waals surface area contributed by atoms with Gasteiger partial charge in [-0.15, -0.1) is 0 Å². The summed E-state index contributed by atoms with van der Waals surface area (Å²) >= 11 is 6.41. The van der Waals surface area contributed by atoms with Crippen molar-refractivity contribution >= 4 is 37.8 Å². The molecule has 1 aliphatic heterocycles. The van der Waals surface area contributed by atoms with E-state index >= 15 is 0 Å². The molecule has 1 heterocycles. The summed E-state index contributed by atoms with van der Waals surface area (Å²) in [6.07, 6.45) is 2.03. The normalized spacial score (nSPS) is 23.9. The molecule has 0 spiro atoms. The fraction of sp³-hybridized carbons (Fsp3) is 0.933. The maximum absolute atomic E-state index is 11.9. The number of halogens is 2. The molecule has 3 nitrogen and oxygen atoms in total. The van der Waals surface area contributed by atoms with Gasteiger partial charge in [-0.1, -0.05) is 31.9 Å². The van der Waals surface area contributed by atoms with Crippen molar-refractivity contribution in [1.29, 1.82) is 0 Å². The Kier molecular flexibility index (Phi) is 5.42. The van der Waals surface area contributed by atoms with Crippen molar-refractivity contribution in [2.45, 2.75) is 74.8 Å². The van der Waals surface area contributed by atoms with E-state index in [1.54, 1.807) is 0 Å². The van der Waals surface area contributed by atoms with Crippen LogP contribution in [0.1, 0.15) is 54.4 Å². The van der Waals surface area contributed by atoms with E-state index in [1.807, 2.05) is 13.8 Å². The van der Waals surface area contributed by atoms with E-state index in [9.17, 15) is 4.79 Å². The number of alkyl halides is 2. The Balaban J connectivity index is 2.93. The number of carbonyl (C=O) groups excluding carboxylic acids is 1. The van der Waals surface area contributed by atoms with Crippen LogP contribution in [-0.2, 0) is 9.53 Å². The number of nitrogens with zero attached hydrogens (tertiary/aromatic N) is 1. The third kappa shape index (κ3) is 3.98. The molecule has 0 aromatic rings. The monoisotopic (exact) mass is 411 g/mol. The lowest BCUT2D eigenvalue weighted by Crippen LogP contribution is -2.61. The molecule has 20 heavy (non-hydrogen) atoms. The van der Waals surface area contributed by atoms with Crippen LogP contribution in [0.3, 0.4) is 0 Å². The van der Waals surface area contributed by atoms with E-state index in [-0.39, 0.29) is 17.0 Å². The van der Waals surface area contributed by atoms with Crippen LogP contribution < -0.4 is 0 Å². The zero-order chi connectivity index (χ0) is 15.9. The lowest BCUT2D eigenvalue weighted by Gasteiger charge is -2.56. The minimum atomic E-state index is -0.466. The Hall–Kier alpha value is 0.390. The SMILES string of the molecule is CN1C(C)(C)CC(C(C)(C)OC(=O)C(Br)Br)CC1(C)C. The van der Waals surface area contributed by atoms with Crippen LogP contribution in [0.4, 0.5) is 0 Å². The molecule has 1 aliphatic rings. The van der Waals surface area contributed by atoms with E-state index < -0.39 is 9.34 Å². The molecule has 0 N–H and O–H groups in total. The molecule has 0 bridgehead atoms. The van der Waals surface area contributed by atoms with E-state index in [2.05, 4.69) is 71.5 Å². The van der Waals surface area contributed by atoms with Crippen LogP contribution in [0.25, 0.3) is 0 Å². The summed E-state index contributed by atoms with van der Waals surface area (Å²) in [5.41, 5.74) is -0.275. The van der Waals surface area contributed by atoms with Gasteiger partial charge in [-0.05, 0) is 61.4 Å². The van der Waals surface area contributed by atoms with Crippen LogP contribution >= 0.6 is 31.9 Å². The number of carbonyl (C=O) groups is 1. The number of esters is 1. The Labute approximate surface area is 140 Å². The number of ether oxygens (including phenoxy) is 1. The standard InChI is InChI=1S/C15H27Br2NO2/c1-13(2)8-10(9-14(3,4)18(13)7)15(5,6)20-12(19)11(16)17/h10-11H,8-9H2,1-7H3. The van der Waals surface area contributed by atoms with Gasteiger partial charge < -0.3 is 4.74 Å². The Morgan fingerprint density at radius 1 is 1.20 bits per heavy atom. The zero-order valence-electron chi connectivity index (χ0n) is 13.6. The van der Waals surface area contributed by atoms with Gasteiger partial charge >= 0.3 is 5.97 Å². The first kappa shape index (κ1) is 18.4. The number of likely N-dealkylation sites (tertiary alicyclic amines) is 1. The highest BCUT2D eigenvalue weighted by Crippen LogP contribution is 2.45. The van der Waals surface area contributed by atoms with Gasteiger partial charge in [0.2, 0.25) is 0 Å². The van der Waals surface area contributed by atoms with Crippen LogP contribution in [0, 0.1) is 5.92 Å². The summed E-state index contributed by atoms with van der Waals surface area (Å²) in [5.74, 6) is 0.0796. The largest absolute Gasteiger partial charge is 0.458 e. The first-order valence-electron chi connectivity index (χ1n) is 7.04. The fourth-order valence-corrected chi connectivity index (χ4v) is 3.44. The first-order valence-corrected chi connectivity index (χ1v) is 8.88. The molecular weight excluding hydrogens is 386 g/mol. The molecule has 1 fully saturated rings. The van der Waals surface area contributed by atoms with Gasteiger partial charge in [0, 0.05) is 17.0 Å². The van der Waals surface area contributed by atoms with Crippen molar-refractivity contribution in [2.24, 2.45) is 5.92 Å². The molecule has 118 valence electrons. The van der Waals surface area contributed by atoms with Gasteiger partial charge in [-0.2, -0.15) is 0 Å². The predicted octanol–water partition coefficient (Wildman–Crippen LogP) is 4.32. The molecule has 0 aromatic carbocycles. The van der Waals surface area contributed by atoms with E-state index in [0.29, 0.717) is 5.92 Å². The van der Waals surface area contributed by atoms with Crippen LogP contribution in [0.15, 0.2) is 0 Å². The summed E-state index contributed by atoms with van der Waals surface area (Å²) in [4.78, 5) is 14.3. The van der Waals surface area contributed by atoms with Crippen molar-refractivity contribution < 1.29 is 9.53 Å². The topological polar surface area (TPSA) is 29.5 Å². The van der Waals surface area contributed by atoms with Crippen molar-refractivity contribution in [2.75, 3.05) is 7.05 Å². The number of piperidine rings is 1. The van der Waals surface area contributed by atoms with Gasteiger partial charge in [-0.3, -0.25) is 4.90 Å². The number of hydrogen-bond acceptors (Lipinski definition) is 3. The number of rotatable bonds is 3. The summed E-state index contributed by atoms with van der Waals surface area (Å²) in [5, 5.41) is 0. The zero-order valence-corrected chi connectivity index (χ0v) is 16.8. The van der Waals surface area contributed by atoms with Crippen molar-refractivity contribution in [3.05, 3.63) is 0 Å². The molecule has 1 rings (SSSR count). The van der Waals surface area contributed by atoms with E-state index in [0.717, 1.165) is 12.8 Å². The predicted molar refractivity (Wildman–Crippen MR) is 90.5 cm³/mol. The summed E-state index contributed by atoms with van der Waals surface area (Å²) in [7, 11) is 2.18. The Bertz CT molecular complexity index is 360. The summed E-state index contributed by atoms with van der Waals surface area (Å²) in [6.45, 7) is 13.1. The highest BCUT2D eigenvalue weighted by Gasteiger charge is 2.48. The third-order valence-electron chi connectivity index (χ3n) is 4.83. The average Bonchev–Trinajstić information content (AvgIpc) is 2.24. The lowest BCUT2D eigenvalue weighted by molar-refractivity contribution is -0.167. The molecule has 0 aliphatic carbocycles. The maximum atomic E-state index is 11.9.